The van der Waals surface area contributed by atoms with Gasteiger partial charge < -0.3 is 10.2 Å². The Morgan fingerprint density at radius 2 is 1.74 bits per heavy atom. The minimum absolute atomic E-state index is 0.0726. The van der Waals surface area contributed by atoms with Gasteiger partial charge in [-0.05, 0) is 18.6 Å². The van der Waals surface area contributed by atoms with Crippen molar-refractivity contribution in [3.63, 3.8) is 0 Å². The Morgan fingerprint density at radius 1 is 1.16 bits per heavy atom. The Kier molecular flexibility index (Phi) is 5.02. The highest BCUT2D eigenvalue weighted by Crippen LogP contribution is 2.10. The molecule has 0 saturated heterocycles. The molecule has 0 spiro atoms. The predicted molar refractivity (Wildman–Crippen MR) is 65.1 cm³/mol. The van der Waals surface area contributed by atoms with Crippen molar-refractivity contribution in [1.82, 2.24) is 4.72 Å². The monoisotopic (exact) mass is 287 g/mol. The van der Waals surface area contributed by atoms with E-state index in [2.05, 4.69) is 0 Å². The summed E-state index contributed by atoms with van der Waals surface area (Å²) in [5, 5.41) is 17.4. The largest absolute Gasteiger partial charge is 0.481 e. The summed E-state index contributed by atoms with van der Waals surface area (Å²) in [6.45, 7) is 0. The summed E-state index contributed by atoms with van der Waals surface area (Å²) in [6.07, 6.45) is -0.759. The van der Waals surface area contributed by atoms with Crippen molar-refractivity contribution in [3.05, 3.63) is 30.3 Å². The molecule has 1 unspecified atom stereocenters. The SMILES string of the molecule is O=C(O)CCC(NS(=O)(=O)c1ccccc1)C(=O)O. The lowest BCUT2D eigenvalue weighted by Crippen LogP contribution is -2.41. The van der Waals surface area contributed by atoms with Crippen LogP contribution in [0.25, 0.3) is 0 Å². The molecule has 0 aromatic heterocycles. The first kappa shape index (κ1) is 15.1. The fourth-order valence-electron chi connectivity index (χ4n) is 1.36. The molecule has 1 aromatic rings. The highest BCUT2D eigenvalue weighted by atomic mass is 32.2. The Labute approximate surface area is 109 Å². The van der Waals surface area contributed by atoms with Gasteiger partial charge in [-0.25, -0.2) is 8.42 Å². The van der Waals surface area contributed by atoms with Crippen LogP contribution in [0.5, 0.6) is 0 Å². The highest BCUT2D eigenvalue weighted by Gasteiger charge is 2.25. The molecule has 1 atom stereocenters. The van der Waals surface area contributed by atoms with E-state index in [-0.39, 0.29) is 11.3 Å². The average molecular weight is 287 g/mol. The van der Waals surface area contributed by atoms with Crippen LogP contribution in [0.15, 0.2) is 35.2 Å². The molecule has 0 aliphatic carbocycles. The lowest BCUT2D eigenvalue weighted by molar-refractivity contribution is -0.140. The van der Waals surface area contributed by atoms with Gasteiger partial charge in [-0.3, -0.25) is 9.59 Å². The fraction of sp³-hybridized carbons (Fsp3) is 0.273. The van der Waals surface area contributed by atoms with Crippen LogP contribution in [0.2, 0.25) is 0 Å². The zero-order valence-electron chi connectivity index (χ0n) is 9.81. The summed E-state index contributed by atoms with van der Waals surface area (Å²) in [5.74, 6) is -2.61. The third-order valence-corrected chi connectivity index (χ3v) is 3.78. The summed E-state index contributed by atoms with van der Waals surface area (Å²) in [4.78, 5) is 21.2. The number of sulfonamides is 1. The van der Waals surface area contributed by atoms with Crippen molar-refractivity contribution in [3.8, 4) is 0 Å². The van der Waals surface area contributed by atoms with Gasteiger partial charge in [0.05, 0.1) is 4.90 Å². The van der Waals surface area contributed by atoms with Crippen molar-refractivity contribution in [2.24, 2.45) is 0 Å². The number of rotatable bonds is 7. The van der Waals surface area contributed by atoms with E-state index in [9.17, 15) is 18.0 Å². The minimum Gasteiger partial charge on any atom is -0.481 e. The number of hydrogen-bond donors (Lipinski definition) is 3. The van der Waals surface area contributed by atoms with Crippen LogP contribution in [0.3, 0.4) is 0 Å². The van der Waals surface area contributed by atoms with E-state index < -0.39 is 34.4 Å². The molecule has 3 N–H and O–H groups in total. The van der Waals surface area contributed by atoms with E-state index in [1.807, 2.05) is 4.72 Å². The molecule has 0 aliphatic heterocycles. The van der Waals surface area contributed by atoms with Gasteiger partial charge in [0.15, 0.2) is 0 Å². The molecule has 19 heavy (non-hydrogen) atoms. The molecule has 8 heteroatoms. The van der Waals surface area contributed by atoms with Crippen LogP contribution in [0, 0.1) is 0 Å². The zero-order valence-corrected chi connectivity index (χ0v) is 10.6. The number of carboxylic acids is 2. The standard InChI is InChI=1S/C11H13NO6S/c13-10(14)7-6-9(11(15)16)12-19(17,18)8-4-2-1-3-5-8/h1-5,9,12H,6-7H2,(H,13,14)(H,15,16). The summed E-state index contributed by atoms with van der Waals surface area (Å²) < 4.78 is 25.7. The number of hydrogen-bond acceptors (Lipinski definition) is 4. The average Bonchev–Trinajstić information content (AvgIpc) is 2.35. The molecular weight excluding hydrogens is 274 g/mol. The van der Waals surface area contributed by atoms with E-state index >= 15 is 0 Å². The second-order valence-corrected chi connectivity index (χ2v) is 5.47. The molecule has 0 bridgehead atoms. The van der Waals surface area contributed by atoms with Crippen molar-refractivity contribution < 1.29 is 28.2 Å². The van der Waals surface area contributed by atoms with E-state index in [4.69, 9.17) is 10.2 Å². The van der Waals surface area contributed by atoms with Crippen molar-refractivity contribution in [2.45, 2.75) is 23.8 Å². The lowest BCUT2D eigenvalue weighted by Gasteiger charge is -2.13. The Hall–Kier alpha value is -1.93. The van der Waals surface area contributed by atoms with Gasteiger partial charge in [0.2, 0.25) is 10.0 Å². The molecule has 7 nitrogen and oxygen atoms in total. The normalized spacial score (nSPS) is 12.8. The van der Waals surface area contributed by atoms with Gasteiger partial charge in [-0.1, -0.05) is 18.2 Å². The van der Waals surface area contributed by atoms with Crippen LogP contribution in [0.1, 0.15) is 12.8 Å². The van der Waals surface area contributed by atoms with Crippen molar-refractivity contribution in [1.29, 1.82) is 0 Å². The minimum atomic E-state index is -3.98. The second kappa shape index (κ2) is 6.30. The quantitative estimate of drug-likeness (QED) is 0.662. The summed E-state index contributed by atoms with van der Waals surface area (Å²) >= 11 is 0. The van der Waals surface area contributed by atoms with Gasteiger partial charge in [0.1, 0.15) is 6.04 Å². The van der Waals surface area contributed by atoms with Gasteiger partial charge in [0, 0.05) is 6.42 Å². The zero-order chi connectivity index (χ0) is 14.5. The summed E-state index contributed by atoms with van der Waals surface area (Å²) in [5.41, 5.74) is 0. The van der Waals surface area contributed by atoms with E-state index in [1.165, 1.54) is 24.3 Å². The van der Waals surface area contributed by atoms with Gasteiger partial charge in [-0.15, -0.1) is 0 Å². The molecule has 0 heterocycles. The topological polar surface area (TPSA) is 121 Å². The van der Waals surface area contributed by atoms with Gasteiger partial charge in [-0.2, -0.15) is 4.72 Å². The molecule has 0 amide bonds. The second-order valence-electron chi connectivity index (χ2n) is 3.76. The number of nitrogens with one attached hydrogen (secondary N) is 1. The summed E-state index contributed by atoms with van der Waals surface area (Å²) in [6, 6.07) is 5.79. The molecule has 0 fully saturated rings. The third kappa shape index (κ3) is 4.68. The van der Waals surface area contributed by atoms with Gasteiger partial charge in [0.25, 0.3) is 0 Å². The Balaban J connectivity index is 2.84. The van der Waals surface area contributed by atoms with Gasteiger partial charge >= 0.3 is 11.9 Å². The number of benzene rings is 1. The van der Waals surface area contributed by atoms with Crippen LogP contribution in [-0.4, -0.2) is 36.6 Å². The number of carbonyl (C=O) groups is 2. The number of carboxylic acid groups (broad SMARTS) is 2. The van der Waals surface area contributed by atoms with E-state index in [0.29, 0.717) is 0 Å². The molecule has 1 aromatic carbocycles. The van der Waals surface area contributed by atoms with Crippen LogP contribution >= 0.6 is 0 Å². The first-order chi connectivity index (χ1) is 8.83. The highest BCUT2D eigenvalue weighted by molar-refractivity contribution is 7.89. The molecule has 1 rings (SSSR count). The third-order valence-electron chi connectivity index (χ3n) is 2.30. The van der Waals surface area contributed by atoms with Crippen molar-refractivity contribution >= 4 is 22.0 Å². The molecule has 0 radical (unpaired) electrons. The summed E-state index contributed by atoms with van der Waals surface area (Å²) in [7, 11) is -3.98. The molecule has 104 valence electrons. The van der Waals surface area contributed by atoms with Crippen LogP contribution in [-0.2, 0) is 19.6 Å². The fourth-order valence-corrected chi connectivity index (χ4v) is 2.60. The van der Waals surface area contributed by atoms with Crippen LogP contribution in [0.4, 0.5) is 0 Å². The first-order valence-corrected chi connectivity index (χ1v) is 6.83. The first-order valence-electron chi connectivity index (χ1n) is 5.35. The smallest absolute Gasteiger partial charge is 0.321 e. The van der Waals surface area contributed by atoms with E-state index in [1.54, 1.807) is 6.07 Å². The predicted octanol–water partition coefficient (Wildman–Crippen LogP) is 0.283. The van der Waals surface area contributed by atoms with Crippen molar-refractivity contribution in [2.75, 3.05) is 0 Å². The van der Waals surface area contributed by atoms with E-state index in [0.717, 1.165) is 0 Å². The molecule has 0 saturated carbocycles. The lowest BCUT2D eigenvalue weighted by atomic mass is 10.2. The number of aliphatic carboxylic acids is 2. The molecule has 0 aliphatic rings. The van der Waals surface area contributed by atoms with Crippen LogP contribution < -0.4 is 4.72 Å². The maximum atomic E-state index is 11.9. The maximum absolute atomic E-state index is 11.9. The Morgan fingerprint density at radius 3 is 2.21 bits per heavy atom. The maximum Gasteiger partial charge on any atom is 0.321 e. The molecular formula is C11H13NO6S. The Bertz CT molecular complexity index is 554.